The lowest BCUT2D eigenvalue weighted by atomic mass is 10.1. The van der Waals surface area contributed by atoms with Crippen molar-refractivity contribution in [2.24, 2.45) is 5.84 Å². The number of halogens is 3. The summed E-state index contributed by atoms with van der Waals surface area (Å²) in [6, 6.07) is 4.70. The Balaban J connectivity index is 2.33. The molecule has 0 radical (unpaired) electrons. The summed E-state index contributed by atoms with van der Waals surface area (Å²) < 4.78 is 47.4. The zero-order valence-electron chi connectivity index (χ0n) is 13.1. The van der Waals surface area contributed by atoms with Gasteiger partial charge in [-0.15, -0.1) is 13.2 Å². The van der Waals surface area contributed by atoms with Crippen LogP contribution < -0.4 is 26.1 Å². The molecule has 0 aliphatic heterocycles. The zero-order valence-corrected chi connectivity index (χ0v) is 13.1. The second kappa shape index (κ2) is 7.71. The van der Waals surface area contributed by atoms with E-state index in [2.05, 4.69) is 15.0 Å². The highest BCUT2D eigenvalue weighted by molar-refractivity contribution is 5.90. The fraction of sp³-hybridized carbons (Fsp3) is 0.200. The highest BCUT2D eigenvalue weighted by Gasteiger charge is 2.32. The molecular weight excluding hydrogens is 341 g/mol. The number of aryl methyl sites for hydroxylation is 1. The maximum absolute atomic E-state index is 12.6. The van der Waals surface area contributed by atoms with Crippen molar-refractivity contribution in [1.29, 1.82) is 0 Å². The molecule has 2 amide bonds. The molecule has 10 heteroatoms. The number of alkyl halides is 3. The van der Waals surface area contributed by atoms with Gasteiger partial charge in [0, 0.05) is 6.20 Å². The monoisotopic (exact) mass is 356 g/mol. The first-order valence-corrected chi connectivity index (χ1v) is 6.99. The fourth-order valence-electron chi connectivity index (χ4n) is 1.96. The number of nitrogens with one attached hydrogen (secondary N) is 2. The normalized spacial score (nSPS) is 10.9. The van der Waals surface area contributed by atoms with Gasteiger partial charge in [-0.3, -0.25) is 10.4 Å². The molecule has 1 aromatic carbocycles. The molecule has 0 spiro atoms. The van der Waals surface area contributed by atoms with Crippen LogP contribution in [0.25, 0.3) is 0 Å². The third kappa shape index (κ3) is 5.24. The Bertz CT molecular complexity index is 753. The van der Waals surface area contributed by atoms with Gasteiger partial charge in [-0.05, 0) is 30.7 Å². The number of ether oxygens (including phenoxy) is 2. The van der Waals surface area contributed by atoms with Crippen molar-refractivity contribution in [3.63, 3.8) is 0 Å². The molecule has 2 aromatic rings. The Labute approximate surface area is 140 Å². The lowest BCUT2D eigenvalue weighted by Gasteiger charge is -2.18. The predicted molar refractivity (Wildman–Crippen MR) is 82.8 cm³/mol. The van der Waals surface area contributed by atoms with Crippen LogP contribution in [-0.4, -0.2) is 17.4 Å². The second-order valence-electron chi connectivity index (χ2n) is 4.86. The summed E-state index contributed by atoms with van der Waals surface area (Å²) in [5.74, 6) is 4.87. The van der Waals surface area contributed by atoms with Crippen molar-refractivity contribution in [1.82, 2.24) is 10.4 Å². The third-order valence-electron chi connectivity index (χ3n) is 3.10. The first kappa shape index (κ1) is 18.3. The predicted octanol–water partition coefficient (Wildman–Crippen LogP) is 2.86. The van der Waals surface area contributed by atoms with Gasteiger partial charge < -0.3 is 14.8 Å². The van der Waals surface area contributed by atoms with E-state index >= 15 is 0 Å². The van der Waals surface area contributed by atoms with Crippen molar-refractivity contribution >= 4 is 11.7 Å². The van der Waals surface area contributed by atoms with Crippen LogP contribution in [0.4, 0.5) is 23.7 Å². The average molecular weight is 356 g/mol. The summed E-state index contributed by atoms with van der Waals surface area (Å²) in [7, 11) is 0. The van der Waals surface area contributed by atoms with Gasteiger partial charge in [0.2, 0.25) is 0 Å². The minimum Gasteiger partial charge on any atom is -0.487 e. The van der Waals surface area contributed by atoms with Gasteiger partial charge >= 0.3 is 12.4 Å². The molecule has 0 saturated heterocycles. The number of aromatic nitrogens is 1. The molecule has 4 N–H and O–H groups in total. The van der Waals surface area contributed by atoms with Crippen LogP contribution >= 0.6 is 0 Å². The minimum absolute atomic E-state index is 0.00771. The molecule has 0 atom stereocenters. The molecule has 1 aromatic heterocycles. The number of amides is 2. The van der Waals surface area contributed by atoms with Gasteiger partial charge in [0.15, 0.2) is 0 Å². The molecule has 7 nitrogen and oxygen atoms in total. The van der Waals surface area contributed by atoms with E-state index < -0.39 is 18.1 Å². The molecule has 25 heavy (non-hydrogen) atoms. The number of anilines is 1. The molecule has 1 heterocycles. The molecule has 0 saturated carbocycles. The van der Waals surface area contributed by atoms with Crippen LogP contribution in [0.2, 0.25) is 0 Å². The number of nitrogens with zero attached hydrogens (tertiary/aromatic N) is 1. The summed E-state index contributed by atoms with van der Waals surface area (Å²) in [4.78, 5) is 15.3. The van der Waals surface area contributed by atoms with E-state index in [1.807, 2.05) is 5.43 Å². The van der Waals surface area contributed by atoms with Crippen molar-refractivity contribution < 1.29 is 27.4 Å². The first-order chi connectivity index (χ1) is 11.8. The van der Waals surface area contributed by atoms with E-state index in [0.29, 0.717) is 5.75 Å². The highest BCUT2D eigenvalue weighted by Crippen LogP contribution is 2.32. The first-order valence-electron chi connectivity index (χ1n) is 6.99. The number of benzene rings is 1. The maximum Gasteiger partial charge on any atom is 0.573 e. The maximum atomic E-state index is 12.6. The lowest BCUT2D eigenvalue weighted by molar-refractivity contribution is -0.275. The summed E-state index contributed by atoms with van der Waals surface area (Å²) in [6.07, 6.45) is -1.91. The van der Waals surface area contributed by atoms with Crippen LogP contribution in [0.5, 0.6) is 11.5 Å². The second-order valence-corrected chi connectivity index (χ2v) is 4.86. The van der Waals surface area contributed by atoms with E-state index in [9.17, 15) is 18.0 Å². The Morgan fingerprint density at radius 3 is 2.68 bits per heavy atom. The van der Waals surface area contributed by atoms with E-state index in [1.165, 1.54) is 18.3 Å². The van der Waals surface area contributed by atoms with Crippen molar-refractivity contribution in [3.05, 3.63) is 47.8 Å². The van der Waals surface area contributed by atoms with E-state index in [1.54, 1.807) is 19.2 Å². The minimum atomic E-state index is -4.90. The fourth-order valence-corrected chi connectivity index (χ4v) is 1.96. The molecule has 134 valence electrons. The summed E-state index contributed by atoms with van der Waals surface area (Å²) in [5.41, 5.74) is 2.63. The van der Waals surface area contributed by atoms with Gasteiger partial charge in [0.25, 0.3) is 0 Å². The number of carbonyl (C=O) groups is 1. The van der Waals surface area contributed by atoms with E-state index in [0.717, 1.165) is 11.6 Å². The number of rotatable bonds is 5. The molecule has 0 unspecified atom stereocenters. The van der Waals surface area contributed by atoms with Crippen LogP contribution in [0.15, 0.2) is 36.7 Å². The van der Waals surface area contributed by atoms with Gasteiger partial charge in [-0.1, -0.05) is 6.07 Å². The van der Waals surface area contributed by atoms with Crippen LogP contribution in [-0.2, 0) is 6.61 Å². The molecule has 0 aliphatic carbocycles. The van der Waals surface area contributed by atoms with Gasteiger partial charge in [0.1, 0.15) is 18.1 Å². The van der Waals surface area contributed by atoms with Crippen molar-refractivity contribution in [2.45, 2.75) is 19.9 Å². The molecular formula is C15H15F3N4O3. The van der Waals surface area contributed by atoms with Crippen molar-refractivity contribution in [2.75, 3.05) is 5.32 Å². The Morgan fingerprint density at radius 1 is 1.28 bits per heavy atom. The molecule has 0 aliphatic rings. The number of urea groups is 1. The summed E-state index contributed by atoms with van der Waals surface area (Å²) >= 11 is 0. The summed E-state index contributed by atoms with van der Waals surface area (Å²) in [5, 5.41) is 2.32. The SMILES string of the molecule is Cc1ccncc1OCc1c(NC(=O)NN)cccc1OC(F)(F)F. The number of hydrogen-bond donors (Lipinski definition) is 3. The lowest BCUT2D eigenvalue weighted by Crippen LogP contribution is -2.34. The van der Waals surface area contributed by atoms with Gasteiger partial charge in [-0.2, -0.15) is 0 Å². The highest BCUT2D eigenvalue weighted by atomic mass is 19.4. The number of hydrogen-bond acceptors (Lipinski definition) is 5. The van der Waals surface area contributed by atoms with Gasteiger partial charge in [0.05, 0.1) is 17.4 Å². The Hall–Kier alpha value is -3.01. The number of carbonyl (C=O) groups excluding carboxylic acids is 1. The molecule has 0 bridgehead atoms. The zero-order chi connectivity index (χ0) is 18.4. The van der Waals surface area contributed by atoms with Crippen LogP contribution in [0.1, 0.15) is 11.1 Å². The summed E-state index contributed by atoms with van der Waals surface area (Å²) in [6.45, 7) is 1.47. The topological polar surface area (TPSA) is 98.5 Å². The van der Waals surface area contributed by atoms with E-state index in [-0.39, 0.29) is 17.9 Å². The third-order valence-corrected chi connectivity index (χ3v) is 3.10. The van der Waals surface area contributed by atoms with Crippen LogP contribution in [0, 0.1) is 6.92 Å². The van der Waals surface area contributed by atoms with E-state index in [4.69, 9.17) is 10.6 Å². The standard InChI is InChI=1S/C15H15F3N4O3/c1-9-5-6-20-7-13(9)24-8-10-11(21-14(23)22-19)3-2-4-12(10)25-15(16,17)18/h2-7H,8,19H2,1H3,(H2,21,22,23). The number of hydrazine groups is 1. The van der Waals surface area contributed by atoms with Gasteiger partial charge in [-0.25, -0.2) is 10.6 Å². The Morgan fingerprint density at radius 2 is 2.04 bits per heavy atom. The quantitative estimate of drug-likeness (QED) is 0.435. The van der Waals surface area contributed by atoms with Crippen molar-refractivity contribution in [3.8, 4) is 11.5 Å². The largest absolute Gasteiger partial charge is 0.573 e. The number of nitrogens with two attached hydrogens (primary N) is 1. The average Bonchev–Trinajstić information content (AvgIpc) is 2.54. The number of pyridine rings is 1. The molecule has 0 fully saturated rings. The molecule has 2 rings (SSSR count). The Kier molecular flexibility index (Phi) is 5.65. The van der Waals surface area contributed by atoms with Crippen LogP contribution in [0.3, 0.4) is 0 Å². The smallest absolute Gasteiger partial charge is 0.487 e.